The van der Waals surface area contributed by atoms with Gasteiger partial charge < -0.3 is 24.6 Å². The zero-order valence-corrected chi connectivity index (χ0v) is 21.4. The van der Waals surface area contributed by atoms with Gasteiger partial charge >= 0.3 is 5.97 Å². The number of phenols is 1. The number of hydrogen-bond donors (Lipinski definition) is 2. The van der Waals surface area contributed by atoms with Gasteiger partial charge in [0.1, 0.15) is 5.75 Å². The standard InChI is InChI=1S/C29H33NO6/c1-6-16(2)36-29(33)26-17(3)30-22-13-20(18-10-11-24(34-4)25(15-18)35-5)14-23(32)28(22)27(26)19-8-7-9-21(31)12-19/h7-12,15-16,20,27,30-31H,6,13-14H2,1-5H3/t16-,20-,27+/m0/s1. The third-order valence-electron chi connectivity index (χ3n) is 7.01. The Hall–Kier alpha value is -3.74. The Balaban J connectivity index is 1.76. The molecule has 0 fully saturated rings. The summed E-state index contributed by atoms with van der Waals surface area (Å²) in [4.78, 5) is 27.0. The van der Waals surface area contributed by atoms with E-state index in [-0.39, 0.29) is 30.0 Å². The minimum absolute atomic E-state index is 0.0433. The number of phenolic OH excluding ortho intramolecular Hbond substituents is 1. The molecule has 1 aliphatic heterocycles. The van der Waals surface area contributed by atoms with Crippen LogP contribution in [0, 0.1) is 0 Å². The molecular weight excluding hydrogens is 458 g/mol. The summed E-state index contributed by atoms with van der Waals surface area (Å²) in [5.41, 5.74) is 4.05. The molecule has 1 heterocycles. The van der Waals surface area contributed by atoms with Crippen LogP contribution in [-0.2, 0) is 14.3 Å². The fourth-order valence-electron chi connectivity index (χ4n) is 5.02. The van der Waals surface area contributed by atoms with Crippen molar-refractivity contribution < 1.29 is 28.9 Å². The zero-order chi connectivity index (χ0) is 26.0. The van der Waals surface area contributed by atoms with E-state index < -0.39 is 11.9 Å². The van der Waals surface area contributed by atoms with Crippen molar-refractivity contribution in [1.82, 2.24) is 5.32 Å². The van der Waals surface area contributed by atoms with Gasteiger partial charge in [0.15, 0.2) is 17.3 Å². The third kappa shape index (κ3) is 4.83. The molecule has 7 nitrogen and oxygen atoms in total. The average Bonchev–Trinajstić information content (AvgIpc) is 2.86. The first-order valence-corrected chi connectivity index (χ1v) is 12.2. The van der Waals surface area contributed by atoms with Crippen LogP contribution >= 0.6 is 0 Å². The van der Waals surface area contributed by atoms with Gasteiger partial charge in [-0.2, -0.15) is 0 Å². The van der Waals surface area contributed by atoms with Crippen LogP contribution in [0.4, 0.5) is 0 Å². The van der Waals surface area contributed by atoms with Crippen molar-refractivity contribution in [2.24, 2.45) is 0 Å². The molecule has 0 aromatic heterocycles. The predicted octanol–water partition coefficient (Wildman–Crippen LogP) is 5.11. The van der Waals surface area contributed by atoms with E-state index in [1.54, 1.807) is 32.4 Å². The normalized spacial score (nSPS) is 20.4. The summed E-state index contributed by atoms with van der Waals surface area (Å²) < 4.78 is 16.5. The highest BCUT2D eigenvalue weighted by atomic mass is 16.5. The van der Waals surface area contributed by atoms with E-state index in [0.717, 1.165) is 11.3 Å². The average molecular weight is 492 g/mol. The molecule has 2 aliphatic rings. The molecule has 2 aromatic carbocycles. The summed E-state index contributed by atoms with van der Waals surface area (Å²) in [6, 6.07) is 12.5. The summed E-state index contributed by atoms with van der Waals surface area (Å²) in [6.45, 7) is 5.62. The van der Waals surface area contributed by atoms with Crippen LogP contribution in [0.3, 0.4) is 0 Å². The molecule has 3 atom stereocenters. The second-order valence-corrected chi connectivity index (χ2v) is 9.35. The van der Waals surface area contributed by atoms with E-state index in [9.17, 15) is 14.7 Å². The summed E-state index contributed by atoms with van der Waals surface area (Å²) in [5.74, 6) is 0.140. The largest absolute Gasteiger partial charge is 0.508 e. The number of aromatic hydroxyl groups is 1. The molecule has 36 heavy (non-hydrogen) atoms. The lowest BCUT2D eigenvalue weighted by molar-refractivity contribution is -0.144. The monoisotopic (exact) mass is 491 g/mol. The first-order valence-electron chi connectivity index (χ1n) is 12.2. The SMILES string of the molecule is CC[C@H](C)OC(=O)C1=C(C)NC2=C(C(=O)C[C@@H](c3ccc(OC)c(OC)c3)C2)[C@@H]1c1cccc(O)c1. The minimum Gasteiger partial charge on any atom is -0.508 e. The molecule has 0 bridgehead atoms. The second kappa shape index (κ2) is 10.5. The number of nitrogens with one attached hydrogen (secondary N) is 1. The van der Waals surface area contributed by atoms with Crippen LogP contribution < -0.4 is 14.8 Å². The molecule has 7 heteroatoms. The number of dihydropyridines is 1. The van der Waals surface area contributed by atoms with E-state index in [4.69, 9.17) is 14.2 Å². The number of hydrogen-bond acceptors (Lipinski definition) is 7. The van der Waals surface area contributed by atoms with Crippen molar-refractivity contribution in [2.75, 3.05) is 14.2 Å². The van der Waals surface area contributed by atoms with E-state index in [1.165, 1.54) is 0 Å². The van der Waals surface area contributed by atoms with Crippen LogP contribution in [0.15, 0.2) is 65.0 Å². The van der Waals surface area contributed by atoms with E-state index in [0.29, 0.717) is 46.7 Å². The predicted molar refractivity (Wildman–Crippen MR) is 136 cm³/mol. The first-order chi connectivity index (χ1) is 17.3. The molecule has 4 rings (SSSR count). The number of carbonyl (C=O) groups is 2. The van der Waals surface area contributed by atoms with E-state index in [1.807, 2.05) is 45.0 Å². The van der Waals surface area contributed by atoms with Crippen molar-refractivity contribution in [3.05, 3.63) is 76.1 Å². The molecule has 1 aliphatic carbocycles. The maximum Gasteiger partial charge on any atom is 0.337 e. The van der Waals surface area contributed by atoms with Gasteiger partial charge in [0.2, 0.25) is 0 Å². The summed E-state index contributed by atoms with van der Waals surface area (Å²) in [5, 5.41) is 13.5. The van der Waals surface area contributed by atoms with Crippen LogP contribution in [0.1, 0.15) is 63.0 Å². The summed E-state index contributed by atoms with van der Waals surface area (Å²) in [6.07, 6.45) is 1.31. The highest BCUT2D eigenvalue weighted by Crippen LogP contribution is 2.47. The Kier molecular flexibility index (Phi) is 7.38. The fourth-order valence-corrected chi connectivity index (χ4v) is 5.02. The topological polar surface area (TPSA) is 94.1 Å². The number of rotatable bonds is 7. The van der Waals surface area contributed by atoms with E-state index >= 15 is 0 Å². The van der Waals surface area contributed by atoms with Crippen LogP contribution in [0.5, 0.6) is 17.2 Å². The van der Waals surface area contributed by atoms with Gasteiger partial charge in [-0.05, 0) is 68.0 Å². The quantitative estimate of drug-likeness (QED) is 0.520. The number of methoxy groups -OCH3 is 2. The maximum atomic E-state index is 13.7. The Morgan fingerprint density at radius 2 is 1.83 bits per heavy atom. The number of carbonyl (C=O) groups excluding carboxylic acids is 2. The summed E-state index contributed by atoms with van der Waals surface area (Å²) >= 11 is 0. The highest BCUT2D eigenvalue weighted by molar-refractivity contribution is 6.04. The molecule has 0 spiro atoms. The fraction of sp³-hybridized carbons (Fsp3) is 0.379. The van der Waals surface area contributed by atoms with Crippen molar-refractivity contribution in [3.63, 3.8) is 0 Å². The lowest BCUT2D eigenvalue weighted by Crippen LogP contribution is -2.36. The summed E-state index contributed by atoms with van der Waals surface area (Å²) in [7, 11) is 3.18. The highest BCUT2D eigenvalue weighted by Gasteiger charge is 2.41. The van der Waals surface area contributed by atoms with E-state index in [2.05, 4.69) is 5.32 Å². The smallest absolute Gasteiger partial charge is 0.337 e. The Bertz CT molecular complexity index is 1240. The maximum absolute atomic E-state index is 13.7. The lowest BCUT2D eigenvalue weighted by Gasteiger charge is -2.37. The third-order valence-corrected chi connectivity index (χ3v) is 7.01. The number of esters is 1. The molecule has 2 N–H and O–H groups in total. The molecule has 0 radical (unpaired) electrons. The molecule has 2 aromatic rings. The Morgan fingerprint density at radius 1 is 1.08 bits per heavy atom. The Labute approximate surface area is 211 Å². The Morgan fingerprint density at radius 3 is 2.50 bits per heavy atom. The van der Waals surface area contributed by atoms with Gasteiger partial charge in [-0.3, -0.25) is 4.79 Å². The minimum atomic E-state index is -0.622. The molecule has 0 unspecified atom stereocenters. The van der Waals surface area contributed by atoms with Crippen molar-refractivity contribution in [1.29, 1.82) is 0 Å². The van der Waals surface area contributed by atoms with Gasteiger partial charge in [0.05, 0.1) is 25.9 Å². The second-order valence-electron chi connectivity index (χ2n) is 9.35. The van der Waals surface area contributed by atoms with Crippen molar-refractivity contribution >= 4 is 11.8 Å². The molecule has 0 saturated heterocycles. The number of Topliss-reactive ketones (excluding diaryl/α,β-unsaturated/α-hetero) is 1. The number of ether oxygens (including phenoxy) is 3. The van der Waals surface area contributed by atoms with Crippen molar-refractivity contribution in [3.8, 4) is 17.2 Å². The molecule has 0 saturated carbocycles. The van der Waals surface area contributed by atoms with Crippen LogP contribution in [0.25, 0.3) is 0 Å². The lowest BCUT2D eigenvalue weighted by atomic mass is 9.71. The number of ketones is 1. The molecular formula is C29H33NO6. The van der Waals surface area contributed by atoms with Gasteiger partial charge in [-0.25, -0.2) is 4.79 Å². The van der Waals surface area contributed by atoms with Gasteiger partial charge in [0.25, 0.3) is 0 Å². The van der Waals surface area contributed by atoms with Crippen LogP contribution in [0.2, 0.25) is 0 Å². The first kappa shape index (κ1) is 25.4. The molecule has 190 valence electrons. The zero-order valence-electron chi connectivity index (χ0n) is 21.4. The number of allylic oxidation sites excluding steroid dienone is 3. The number of benzene rings is 2. The van der Waals surface area contributed by atoms with Gasteiger partial charge in [-0.15, -0.1) is 0 Å². The molecule has 0 amide bonds. The van der Waals surface area contributed by atoms with Crippen LogP contribution in [-0.4, -0.2) is 37.2 Å². The van der Waals surface area contributed by atoms with Gasteiger partial charge in [-0.1, -0.05) is 25.1 Å². The van der Waals surface area contributed by atoms with Gasteiger partial charge in [0, 0.05) is 29.3 Å². The van der Waals surface area contributed by atoms with Crippen molar-refractivity contribution in [2.45, 2.75) is 58.0 Å².